The summed E-state index contributed by atoms with van der Waals surface area (Å²) in [6.45, 7) is 1.99. The zero-order valence-corrected chi connectivity index (χ0v) is 11.0. The smallest absolute Gasteiger partial charge is 0.224 e. The molecular formula is C13H25N3O. The molecule has 1 unspecified atom stereocenters. The standard InChI is InChI=1S/C13H25N3O/c1-14-11-3-5-12(6-4-11)15-13(17)10-7-8-16(2)9-10/h10-12,14H,3-9H2,1-2H3,(H,15,17). The van der Waals surface area contributed by atoms with Crippen molar-refractivity contribution in [2.45, 2.75) is 44.2 Å². The van der Waals surface area contributed by atoms with Gasteiger partial charge >= 0.3 is 0 Å². The number of likely N-dealkylation sites (tertiary alicyclic amines) is 1. The van der Waals surface area contributed by atoms with E-state index in [2.05, 4.69) is 22.6 Å². The number of hydrogen-bond donors (Lipinski definition) is 2. The molecule has 2 aliphatic rings. The summed E-state index contributed by atoms with van der Waals surface area (Å²) in [6.07, 6.45) is 5.64. The Kier molecular flexibility index (Phi) is 4.40. The van der Waals surface area contributed by atoms with Crippen molar-refractivity contribution in [3.8, 4) is 0 Å². The highest BCUT2D eigenvalue weighted by molar-refractivity contribution is 5.79. The summed E-state index contributed by atoms with van der Waals surface area (Å²) in [5.74, 6) is 0.504. The molecule has 0 bridgehead atoms. The van der Waals surface area contributed by atoms with Gasteiger partial charge in [0.2, 0.25) is 5.91 Å². The fourth-order valence-electron chi connectivity index (χ4n) is 2.99. The number of hydrogen-bond acceptors (Lipinski definition) is 3. The zero-order valence-electron chi connectivity index (χ0n) is 11.0. The van der Waals surface area contributed by atoms with E-state index in [0.29, 0.717) is 12.1 Å². The van der Waals surface area contributed by atoms with Gasteiger partial charge in [0.1, 0.15) is 0 Å². The van der Waals surface area contributed by atoms with Gasteiger partial charge in [0.05, 0.1) is 5.92 Å². The van der Waals surface area contributed by atoms with E-state index in [0.717, 1.165) is 32.4 Å². The summed E-state index contributed by atoms with van der Waals surface area (Å²) < 4.78 is 0. The molecule has 1 aliphatic carbocycles. The van der Waals surface area contributed by atoms with Gasteiger partial charge in [-0.15, -0.1) is 0 Å². The van der Waals surface area contributed by atoms with Gasteiger partial charge < -0.3 is 15.5 Å². The quantitative estimate of drug-likeness (QED) is 0.757. The molecule has 0 radical (unpaired) electrons. The highest BCUT2D eigenvalue weighted by Crippen LogP contribution is 2.20. The molecule has 2 rings (SSSR count). The van der Waals surface area contributed by atoms with Gasteiger partial charge in [0.25, 0.3) is 0 Å². The third-order valence-corrected chi connectivity index (χ3v) is 4.24. The Bertz CT molecular complexity index is 261. The van der Waals surface area contributed by atoms with Crippen molar-refractivity contribution in [3.63, 3.8) is 0 Å². The maximum absolute atomic E-state index is 12.1. The van der Waals surface area contributed by atoms with Crippen LogP contribution < -0.4 is 10.6 Å². The van der Waals surface area contributed by atoms with Crippen LogP contribution in [0.3, 0.4) is 0 Å². The molecular weight excluding hydrogens is 214 g/mol. The highest BCUT2D eigenvalue weighted by atomic mass is 16.2. The second-order valence-corrected chi connectivity index (χ2v) is 5.59. The molecule has 1 amide bonds. The maximum Gasteiger partial charge on any atom is 0.224 e. The van der Waals surface area contributed by atoms with Gasteiger partial charge in [0, 0.05) is 18.6 Å². The van der Waals surface area contributed by atoms with E-state index in [1.54, 1.807) is 0 Å². The fraction of sp³-hybridized carbons (Fsp3) is 0.923. The van der Waals surface area contributed by atoms with E-state index in [1.807, 2.05) is 7.05 Å². The molecule has 98 valence electrons. The lowest BCUT2D eigenvalue weighted by Crippen LogP contribution is -2.43. The first-order chi connectivity index (χ1) is 8.19. The number of carbonyl (C=O) groups is 1. The second-order valence-electron chi connectivity index (χ2n) is 5.59. The molecule has 0 aromatic heterocycles. The third kappa shape index (κ3) is 3.42. The van der Waals surface area contributed by atoms with Crippen LogP contribution in [-0.4, -0.2) is 50.1 Å². The highest BCUT2D eigenvalue weighted by Gasteiger charge is 2.28. The fourth-order valence-corrected chi connectivity index (χ4v) is 2.99. The molecule has 0 aromatic carbocycles. The van der Waals surface area contributed by atoms with Gasteiger partial charge in [-0.3, -0.25) is 4.79 Å². The zero-order chi connectivity index (χ0) is 12.3. The van der Waals surface area contributed by atoms with Crippen molar-refractivity contribution in [1.29, 1.82) is 0 Å². The van der Waals surface area contributed by atoms with E-state index in [4.69, 9.17) is 0 Å². The molecule has 0 spiro atoms. The summed E-state index contributed by atoms with van der Waals surface area (Å²) in [6, 6.07) is 1.07. The summed E-state index contributed by atoms with van der Waals surface area (Å²) >= 11 is 0. The van der Waals surface area contributed by atoms with Crippen LogP contribution in [-0.2, 0) is 4.79 Å². The lowest BCUT2D eigenvalue weighted by molar-refractivity contribution is -0.125. The molecule has 17 heavy (non-hydrogen) atoms. The Hall–Kier alpha value is -0.610. The van der Waals surface area contributed by atoms with Crippen LogP contribution in [0.25, 0.3) is 0 Å². The lowest BCUT2D eigenvalue weighted by Gasteiger charge is -2.29. The number of carbonyl (C=O) groups excluding carboxylic acids is 1. The monoisotopic (exact) mass is 239 g/mol. The molecule has 1 heterocycles. The van der Waals surface area contributed by atoms with Crippen LogP contribution in [0.1, 0.15) is 32.1 Å². The largest absolute Gasteiger partial charge is 0.353 e. The Labute approximate surface area is 104 Å². The molecule has 1 aliphatic heterocycles. The van der Waals surface area contributed by atoms with Crippen LogP contribution >= 0.6 is 0 Å². The van der Waals surface area contributed by atoms with Crippen molar-refractivity contribution in [2.24, 2.45) is 5.92 Å². The van der Waals surface area contributed by atoms with Crippen molar-refractivity contribution in [2.75, 3.05) is 27.2 Å². The van der Waals surface area contributed by atoms with E-state index in [9.17, 15) is 4.79 Å². The molecule has 2 fully saturated rings. The molecule has 1 saturated carbocycles. The van der Waals surface area contributed by atoms with Crippen molar-refractivity contribution in [1.82, 2.24) is 15.5 Å². The van der Waals surface area contributed by atoms with E-state index < -0.39 is 0 Å². The first-order valence-corrected chi connectivity index (χ1v) is 6.85. The Balaban J connectivity index is 1.72. The van der Waals surface area contributed by atoms with Crippen LogP contribution in [0.15, 0.2) is 0 Å². The van der Waals surface area contributed by atoms with Gasteiger partial charge in [-0.1, -0.05) is 0 Å². The summed E-state index contributed by atoms with van der Waals surface area (Å²) in [7, 11) is 4.11. The number of rotatable bonds is 3. The minimum Gasteiger partial charge on any atom is -0.353 e. The Morgan fingerprint density at radius 2 is 1.76 bits per heavy atom. The Morgan fingerprint density at radius 3 is 2.29 bits per heavy atom. The van der Waals surface area contributed by atoms with Gasteiger partial charge in [0.15, 0.2) is 0 Å². The van der Waals surface area contributed by atoms with Crippen LogP contribution in [0.4, 0.5) is 0 Å². The average Bonchev–Trinajstić information content (AvgIpc) is 2.77. The van der Waals surface area contributed by atoms with Gasteiger partial charge in [-0.05, 0) is 52.7 Å². The molecule has 0 aromatic rings. The lowest BCUT2D eigenvalue weighted by atomic mass is 9.91. The van der Waals surface area contributed by atoms with Gasteiger partial charge in [-0.25, -0.2) is 0 Å². The average molecular weight is 239 g/mol. The third-order valence-electron chi connectivity index (χ3n) is 4.24. The van der Waals surface area contributed by atoms with Gasteiger partial charge in [-0.2, -0.15) is 0 Å². The SMILES string of the molecule is CNC1CCC(NC(=O)C2CCN(C)C2)CC1. The van der Waals surface area contributed by atoms with E-state index in [1.165, 1.54) is 12.8 Å². The number of nitrogens with zero attached hydrogens (tertiary/aromatic N) is 1. The molecule has 2 N–H and O–H groups in total. The predicted octanol–water partition coefficient (Wildman–Crippen LogP) is 0.585. The minimum atomic E-state index is 0.224. The number of nitrogens with one attached hydrogen (secondary N) is 2. The van der Waals surface area contributed by atoms with E-state index in [-0.39, 0.29) is 11.8 Å². The van der Waals surface area contributed by atoms with Crippen LogP contribution in [0, 0.1) is 5.92 Å². The van der Waals surface area contributed by atoms with Crippen LogP contribution in [0.2, 0.25) is 0 Å². The molecule has 1 atom stereocenters. The van der Waals surface area contributed by atoms with Crippen molar-refractivity contribution >= 4 is 5.91 Å². The summed E-state index contributed by atoms with van der Waals surface area (Å²) in [5.41, 5.74) is 0. The van der Waals surface area contributed by atoms with Crippen molar-refractivity contribution < 1.29 is 4.79 Å². The molecule has 1 saturated heterocycles. The van der Waals surface area contributed by atoms with Crippen LogP contribution in [0.5, 0.6) is 0 Å². The van der Waals surface area contributed by atoms with E-state index >= 15 is 0 Å². The molecule has 4 nitrogen and oxygen atoms in total. The van der Waals surface area contributed by atoms with Crippen molar-refractivity contribution in [3.05, 3.63) is 0 Å². The summed E-state index contributed by atoms with van der Waals surface area (Å²) in [5, 5.41) is 6.55. The second kappa shape index (κ2) is 5.83. The Morgan fingerprint density at radius 1 is 1.12 bits per heavy atom. The number of amides is 1. The topological polar surface area (TPSA) is 44.4 Å². The normalized spacial score (nSPS) is 34.8. The predicted molar refractivity (Wildman–Crippen MR) is 68.9 cm³/mol. The maximum atomic E-state index is 12.1. The molecule has 4 heteroatoms. The minimum absolute atomic E-state index is 0.224. The first kappa shape index (κ1) is 12.8. The first-order valence-electron chi connectivity index (χ1n) is 6.85. The summed E-state index contributed by atoms with van der Waals surface area (Å²) in [4.78, 5) is 14.3.